The largest absolute Gasteiger partial charge is 0.379 e. The number of non-ortho nitro benzene ring substituents is 1. The zero-order valence-electron chi connectivity index (χ0n) is 17.3. The van der Waals surface area contributed by atoms with E-state index in [0.717, 1.165) is 6.07 Å². The summed E-state index contributed by atoms with van der Waals surface area (Å²) >= 11 is 0. The summed E-state index contributed by atoms with van der Waals surface area (Å²) < 4.78 is 33.3. The summed E-state index contributed by atoms with van der Waals surface area (Å²) in [6.45, 7) is 3.13. The first-order valence-electron chi connectivity index (χ1n) is 10.1. The number of nitrogens with zero attached hydrogens (tertiary/aromatic N) is 6. The van der Waals surface area contributed by atoms with Crippen molar-refractivity contribution in [3.05, 3.63) is 52.2 Å². The number of hydrogen-bond donors (Lipinski definition) is 0. The smallest absolute Gasteiger partial charge is 0.270 e. The molecule has 2 aromatic rings. The number of benzene rings is 1. The lowest BCUT2D eigenvalue weighted by Crippen LogP contribution is -2.47. The number of morpholine rings is 1. The van der Waals surface area contributed by atoms with Crippen LogP contribution in [0.2, 0.25) is 0 Å². The molecule has 32 heavy (non-hydrogen) atoms. The molecule has 0 amide bonds. The van der Waals surface area contributed by atoms with Gasteiger partial charge in [-0.3, -0.25) is 10.1 Å². The van der Waals surface area contributed by atoms with Crippen LogP contribution in [-0.4, -0.2) is 75.1 Å². The maximum atomic E-state index is 13.4. The van der Waals surface area contributed by atoms with Gasteiger partial charge in [0, 0.05) is 57.6 Å². The second kappa shape index (κ2) is 9.07. The molecule has 3 heterocycles. The number of aromatic nitrogens is 1. The minimum atomic E-state index is -3.93. The van der Waals surface area contributed by atoms with Gasteiger partial charge in [0.25, 0.3) is 5.69 Å². The number of nitro benzene ring substituents is 1. The average Bonchev–Trinajstić information content (AvgIpc) is 2.84. The van der Waals surface area contributed by atoms with Crippen molar-refractivity contribution < 1.29 is 18.1 Å². The first-order valence-corrected chi connectivity index (χ1v) is 11.6. The summed E-state index contributed by atoms with van der Waals surface area (Å²) in [4.78, 5) is 18.9. The Labute approximate surface area is 185 Å². The number of nitriles is 1. The third-order valence-electron chi connectivity index (χ3n) is 5.56. The van der Waals surface area contributed by atoms with Crippen LogP contribution in [-0.2, 0) is 14.8 Å². The van der Waals surface area contributed by atoms with E-state index in [1.165, 1.54) is 16.4 Å². The normalized spacial score (nSPS) is 17.7. The number of sulfonamides is 1. The van der Waals surface area contributed by atoms with Gasteiger partial charge >= 0.3 is 0 Å². The van der Waals surface area contributed by atoms with Crippen LogP contribution < -0.4 is 9.80 Å². The first-order chi connectivity index (χ1) is 15.4. The standard InChI is InChI=1S/C20H22N6O5S/c21-15-16-3-4-22-20(13-16)24-7-5-23(6-8-24)18-2-1-17(26(27)28)14-19(18)32(29,30)25-9-11-31-12-10-25/h1-4,13-14H,5-12H2. The lowest BCUT2D eigenvalue weighted by atomic mass is 10.2. The predicted octanol–water partition coefficient (Wildman–Crippen LogP) is 1.21. The number of pyridine rings is 1. The van der Waals surface area contributed by atoms with Crippen molar-refractivity contribution in [1.29, 1.82) is 5.26 Å². The summed E-state index contributed by atoms with van der Waals surface area (Å²) in [5, 5.41) is 20.4. The van der Waals surface area contributed by atoms with Crippen LogP contribution in [0, 0.1) is 21.4 Å². The van der Waals surface area contributed by atoms with Gasteiger partial charge in [-0.15, -0.1) is 0 Å². The Kier molecular flexibility index (Phi) is 6.22. The van der Waals surface area contributed by atoms with Gasteiger partial charge in [-0.1, -0.05) is 0 Å². The number of anilines is 2. The summed E-state index contributed by atoms with van der Waals surface area (Å²) in [6.07, 6.45) is 1.59. The van der Waals surface area contributed by atoms with Gasteiger partial charge < -0.3 is 14.5 Å². The van der Waals surface area contributed by atoms with Crippen LogP contribution in [0.5, 0.6) is 0 Å². The Morgan fingerprint density at radius 1 is 1.03 bits per heavy atom. The molecule has 1 aromatic carbocycles. The van der Waals surface area contributed by atoms with Crippen molar-refractivity contribution in [2.24, 2.45) is 0 Å². The predicted molar refractivity (Wildman–Crippen MR) is 116 cm³/mol. The van der Waals surface area contributed by atoms with Gasteiger partial charge in [0.2, 0.25) is 10.0 Å². The van der Waals surface area contributed by atoms with Crippen molar-refractivity contribution in [1.82, 2.24) is 9.29 Å². The molecule has 2 fully saturated rings. The molecule has 0 bridgehead atoms. The molecular weight excluding hydrogens is 436 g/mol. The van der Waals surface area contributed by atoms with Gasteiger partial charge in [0.05, 0.1) is 35.5 Å². The van der Waals surface area contributed by atoms with E-state index in [1.807, 2.05) is 9.80 Å². The molecule has 0 radical (unpaired) electrons. The molecule has 12 heteroatoms. The monoisotopic (exact) mass is 458 g/mol. The van der Waals surface area contributed by atoms with Crippen LogP contribution in [0.25, 0.3) is 0 Å². The molecule has 0 aliphatic carbocycles. The van der Waals surface area contributed by atoms with E-state index in [4.69, 9.17) is 10.00 Å². The molecule has 2 saturated heterocycles. The zero-order valence-corrected chi connectivity index (χ0v) is 18.1. The van der Waals surface area contributed by atoms with Gasteiger partial charge in [0.1, 0.15) is 10.7 Å². The van der Waals surface area contributed by atoms with E-state index >= 15 is 0 Å². The Morgan fingerprint density at radius 2 is 1.72 bits per heavy atom. The second-order valence-electron chi connectivity index (χ2n) is 7.41. The highest BCUT2D eigenvalue weighted by Gasteiger charge is 2.32. The maximum absolute atomic E-state index is 13.4. The van der Waals surface area contributed by atoms with Crippen LogP contribution in [0.3, 0.4) is 0 Å². The molecule has 0 saturated carbocycles. The second-order valence-corrected chi connectivity index (χ2v) is 9.32. The highest BCUT2D eigenvalue weighted by atomic mass is 32.2. The quantitative estimate of drug-likeness (QED) is 0.479. The molecule has 4 rings (SSSR count). The number of hydrogen-bond acceptors (Lipinski definition) is 9. The molecular formula is C20H22N6O5S. The van der Waals surface area contributed by atoms with Crippen LogP contribution in [0.4, 0.5) is 17.2 Å². The minimum Gasteiger partial charge on any atom is -0.379 e. The number of nitro groups is 1. The van der Waals surface area contributed by atoms with E-state index in [0.29, 0.717) is 43.2 Å². The van der Waals surface area contributed by atoms with Crippen LogP contribution >= 0.6 is 0 Å². The third kappa shape index (κ3) is 4.36. The van der Waals surface area contributed by atoms with E-state index in [2.05, 4.69) is 11.1 Å². The molecule has 2 aliphatic heterocycles. The number of ether oxygens (including phenoxy) is 1. The SMILES string of the molecule is N#Cc1ccnc(N2CCN(c3ccc([N+](=O)[O-])cc3S(=O)(=O)N3CCOCC3)CC2)c1. The van der Waals surface area contributed by atoms with Crippen molar-refractivity contribution in [3.8, 4) is 6.07 Å². The van der Waals surface area contributed by atoms with Gasteiger partial charge in [0.15, 0.2) is 0 Å². The van der Waals surface area contributed by atoms with E-state index in [1.54, 1.807) is 18.3 Å². The molecule has 0 N–H and O–H groups in total. The molecule has 0 spiro atoms. The Bertz CT molecular complexity index is 1150. The molecule has 168 valence electrons. The Morgan fingerprint density at radius 3 is 2.38 bits per heavy atom. The van der Waals surface area contributed by atoms with Gasteiger partial charge in [-0.2, -0.15) is 9.57 Å². The fourth-order valence-corrected chi connectivity index (χ4v) is 5.49. The first kappa shape index (κ1) is 21.9. The van der Waals surface area contributed by atoms with Crippen molar-refractivity contribution in [2.45, 2.75) is 4.90 Å². The number of piperazine rings is 1. The minimum absolute atomic E-state index is 0.0633. The third-order valence-corrected chi connectivity index (χ3v) is 7.49. The highest BCUT2D eigenvalue weighted by Crippen LogP contribution is 2.33. The van der Waals surface area contributed by atoms with Crippen molar-refractivity contribution in [3.63, 3.8) is 0 Å². The number of rotatable bonds is 5. The fraction of sp³-hybridized carbons (Fsp3) is 0.400. The maximum Gasteiger partial charge on any atom is 0.270 e. The van der Waals surface area contributed by atoms with Crippen molar-refractivity contribution >= 4 is 27.2 Å². The summed E-state index contributed by atoms with van der Waals surface area (Å²) in [5.74, 6) is 0.688. The lowest BCUT2D eigenvalue weighted by Gasteiger charge is -2.38. The summed E-state index contributed by atoms with van der Waals surface area (Å²) in [5.41, 5.74) is 0.698. The zero-order chi connectivity index (χ0) is 22.7. The van der Waals surface area contributed by atoms with Gasteiger partial charge in [-0.25, -0.2) is 13.4 Å². The topological polar surface area (TPSA) is 133 Å². The Hall–Kier alpha value is -3.27. The van der Waals surface area contributed by atoms with Gasteiger partial charge in [-0.05, 0) is 18.2 Å². The molecule has 0 unspecified atom stereocenters. The molecule has 11 nitrogen and oxygen atoms in total. The molecule has 1 aromatic heterocycles. The Balaban J connectivity index is 1.61. The summed E-state index contributed by atoms with van der Waals surface area (Å²) in [7, 11) is -3.93. The van der Waals surface area contributed by atoms with E-state index in [-0.39, 0.29) is 36.9 Å². The summed E-state index contributed by atoms with van der Waals surface area (Å²) in [6, 6.07) is 9.44. The fourth-order valence-electron chi connectivity index (χ4n) is 3.85. The highest BCUT2D eigenvalue weighted by molar-refractivity contribution is 7.89. The lowest BCUT2D eigenvalue weighted by molar-refractivity contribution is -0.385. The molecule has 2 aliphatic rings. The van der Waals surface area contributed by atoms with E-state index < -0.39 is 14.9 Å². The average molecular weight is 459 g/mol. The van der Waals surface area contributed by atoms with Crippen molar-refractivity contribution in [2.75, 3.05) is 62.3 Å². The molecule has 0 atom stereocenters. The van der Waals surface area contributed by atoms with Crippen LogP contribution in [0.1, 0.15) is 5.56 Å². The van der Waals surface area contributed by atoms with E-state index in [9.17, 15) is 18.5 Å². The van der Waals surface area contributed by atoms with Crippen LogP contribution in [0.15, 0.2) is 41.4 Å².